The lowest BCUT2D eigenvalue weighted by molar-refractivity contribution is -0.136. The molecule has 0 bridgehead atoms. The number of halogens is 3. The summed E-state index contributed by atoms with van der Waals surface area (Å²) < 4.78 is 45.7. The highest BCUT2D eigenvalue weighted by Crippen LogP contribution is 2.36. The standard InChI is InChI=1S/C17H12F3N3O2S/c1-2-10-13-11(15(25-10)23-16-21-6-7-26-16)14(24)8-4-3-5-9(12(8)22-13)17(18,19)20/h3-7,22H,2H2,1H3,(H,21,23). The number of furan rings is 1. The van der Waals surface area contributed by atoms with Crippen LogP contribution in [-0.4, -0.2) is 9.97 Å². The van der Waals surface area contributed by atoms with E-state index in [1.54, 1.807) is 18.5 Å². The number of thiazole rings is 1. The van der Waals surface area contributed by atoms with Gasteiger partial charge in [-0.15, -0.1) is 11.3 Å². The van der Waals surface area contributed by atoms with E-state index >= 15 is 0 Å². The fourth-order valence-electron chi connectivity index (χ4n) is 2.92. The Morgan fingerprint density at radius 1 is 1.31 bits per heavy atom. The van der Waals surface area contributed by atoms with Gasteiger partial charge in [-0.1, -0.05) is 13.0 Å². The molecule has 0 unspecified atom stereocenters. The lowest BCUT2D eigenvalue weighted by Gasteiger charge is -2.10. The van der Waals surface area contributed by atoms with Gasteiger partial charge in [-0.25, -0.2) is 4.98 Å². The number of rotatable bonds is 3. The molecule has 26 heavy (non-hydrogen) atoms. The maximum atomic E-state index is 13.3. The minimum absolute atomic E-state index is 0.0435. The fourth-order valence-corrected chi connectivity index (χ4v) is 3.44. The summed E-state index contributed by atoms with van der Waals surface area (Å²) >= 11 is 1.32. The van der Waals surface area contributed by atoms with Gasteiger partial charge in [0, 0.05) is 23.4 Å². The predicted octanol–water partition coefficient (Wildman–Crippen LogP) is 5.06. The highest BCUT2D eigenvalue weighted by Gasteiger charge is 2.34. The number of anilines is 2. The van der Waals surface area contributed by atoms with Crippen LogP contribution in [-0.2, 0) is 12.6 Å². The zero-order valence-electron chi connectivity index (χ0n) is 13.4. The molecule has 0 saturated heterocycles. The van der Waals surface area contributed by atoms with E-state index in [4.69, 9.17) is 4.42 Å². The molecule has 0 aliphatic carbocycles. The van der Waals surface area contributed by atoms with E-state index in [1.807, 2.05) is 0 Å². The van der Waals surface area contributed by atoms with Crippen molar-refractivity contribution in [2.45, 2.75) is 19.5 Å². The molecule has 0 aliphatic rings. The van der Waals surface area contributed by atoms with Gasteiger partial charge in [0.1, 0.15) is 11.1 Å². The normalized spacial score (nSPS) is 12.2. The molecule has 2 N–H and O–H groups in total. The fraction of sp³-hybridized carbons (Fsp3) is 0.176. The van der Waals surface area contributed by atoms with E-state index in [-0.39, 0.29) is 27.7 Å². The number of alkyl halides is 3. The van der Waals surface area contributed by atoms with Crippen LogP contribution < -0.4 is 10.7 Å². The van der Waals surface area contributed by atoms with Gasteiger partial charge in [0.2, 0.25) is 11.3 Å². The lowest BCUT2D eigenvalue weighted by Crippen LogP contribution is -2.11. The Morgan fingerprint density at radius 3 is 2.77 bits per heavy atom. The van der Waals surface area contributed by atoms with Crippen LogP contribution in [0.1, 0.15) is 18.2 Å². The van der Waals surface area contributed by atoms with Crippen LogP contribution in [0.3, 0.4) is 0 Å². The molecule has 0 amide bonds. The van der Waals surface area contributed by atoms with Gasteiger partial charge in [0.05, 0.1) is 16.6 Å². The highest BCUT2D eigenvalue weighted by molar-refractivity contribution is 7.13. The summed E-state index contributed by atoms with van der Waals surface area (Å²) in [6, 6.07) is 3.54. The van der Waals surface area contributed by atoms with Crippen molar-refractivity contribution in [1.29, 1.82) is 0 Å². The third-order valence-corrected chi connectivity index (χ3v) is 4.74. The molecule has 134 valence electrons. The third kappa shape index (κ3) is 2.55. The average molecular weight is 379 g/mol. The van der Waals surface area contributed by atoms with Crippen molar-refractivity contribution in [1.82, 2.24) is 9.97 Å². The first-order chi connectivity index (χ1) is 12.4. The number of aromatic nitrogens is 2. The molecule has 0 radical (unpaired) electrons. The first-order valence-electron chi connectivity index (χ1n) is 7.74. The van der Waals surface area contributed by atoms with E-state index in [2.05, 4.69) is 15.3 Å². The van der Waals surface area contributed by atoms with Gasteiger partial charge in [0.15, 0.2) is 5.13 Å². The minimum atomic E-state index is -4.58. The van der Waals surface area contributed by atoms with Crippen molar-refractivity contribution in [3.8, 4) is 0 Å². The Morgan fingerprint density at radius 2 is 2.12 bits per heavy atom. The zero-order valence-corrected chi connectivity index (χ0v) is 14.2. The number of hydrogen-bond acceptors (Lipinski definition) is 5. The number of nitrogens with zero attached hydrogens (tertiary/aromatic N) is 1. The smallest absolute Gasteiger partial charge is 0.418 e. The number of para-hydroxylation sites is 1. The average Bonchev–Trinajstić information content (AvgIpc) is 3.22. The number of aryl methyl sites for hydroxylation is 1. The summed E-state index contributed by atoms with van der Waals surface area (Å²) in [7, 11) is 0. The summed E-state index contributed by atoms with van der Waals surface area (Å²) in [5.74, 6) is 0.572. The second-order valence-electron chi connectivity index (χ2n) is 5.60. The van der Waals surface area contributed by atoms with Crippen molar-refractivity contribution in [2.24, 2.45) is 0 Å². The molecule has 3 aromatic heterocycles. The van der Waals surface area contributed by atoms with Gasteiger partial charge in [-0.2, -0.15) is 13.2 Å². The minimum Gasteiger partial charge on any atom is -0.442 e. The number of fused-ring (bicyclic) bond motifs is 2. The summed E-state index contributed by atoms with van der Waals surface area (Å²) in [5, 5.41) is 5.34. The van der Waals surface area contributed by atoms with Crippen LogP contribution in [0.4, 0.5) is 24.2 Å². The molecular weight excluding hydrogens is 367 g/mol. The third-order valence-electron chi connectivity index (χ3n) is 4.05. The molecule has 4 aromatic rings. The van der Waals surface area contributed by atoms with Crippen molar-refractivity contribution in [2.75, 3.05) is 5.32 Å². The van der Waals surface area contributed by atoms with Crippen LogP contribution in [0, 0.1) is 0 Å². The van der Waals surface area contributed by atoms with Gasteiger partial charge >= 0.3 is 6.18 Å². The first kappa shape index (κ1) is 16.6. The Balaban J connectivity index is 2.06. The Kier molecular flexibility index (Phi) is 3.76. The van der Waals surface area contributed by atoms with E-state index in [0.717, 1.165) is 6.07 Å². The van der Waals surface area contributed by atoms with Crippen molar-refractivity contribution < 1.29 is 17.6 Å². The van der Waals surface area contributed by atoms with E-state index in [9.17, 15) is 18.0 Å². The lowest BCUT2D eigenvalue weighted by atomic mass is 10.1. The number of nitrogens with one attached hydrogen (secondary N) is 2. The van der Waals surface area contributed by atoms with Crippen molar-refractivity contribution in [3.63, 3.8) is 0 Å². The molecule has 5 nitrogen and oxygen atoms in total. The molecule has 0 fully saturated rings. The number of H-pyrrole nitrogens is 1. The summed E-state index contributed by atoms with van der Waals surface area (Å²) in [4.78, 5) is 19.8. The van der Waals surface area contributed by atoms with E-state index in [1.165, 1.54) is 23.5 Å². The van der Waals surface area contributed by atoms with Gasteiger partial charge in [-0.3, -0.25) is 4.79 Å². The van der Waals surface area contributed by atoms with Crippen LogP contribution >= 0.6 is 11.3 Å². The molecule has 0 saturated carbocycles. The summed E-state index contributed by atoms with van der Waals surface area (Å²) in [6.07, 6.45) is -2.58. The quantitative estimate of drug-likeness (QED) is 0.522. The zero-order chi connectivity index (χ0) is 18.5. The van der Waals surface area contributed by atoms with Gasteiger partial charge < -0.3 is 14.7 Å². The van der Waals surface area contributed by atoms with Crippen LogP contribution in [0.15, 0.2) is 39.0 Å². The number of aromatic amines is 1. The second kappa shape index (κ2) is 5.87. The van der Waals surface area contributed by atoms with E-state index in [0.29, 0.717) is 17.3 Å². The highest BCUT2D eigenvalue weighted by atomic mass is 32.1. The van der Waals surface area contributed by atoms with Crippen molar-refractivity contribution in [3.05, 3.63) is 51.3 Å². The maximum Gasteiger partial charge on any atom is 0.418 e. The first-order valence-corrected chi connectivity index (χ1v) is 8.62. The molecule has 3 heterocycles. The monoisotopic (exact) mass is 379 g/mol. The Hall–Kier alpha value is -2.81. The van der Waals surface area contributed by atoms with Crippen LogP contribution in [0.5, 0.6) is 0 Å². The molecule has 0 spiro atoms. The molecule has 1 aromatic carbocycles. The maximum absolute atomic E-state index is 13.3. The Labute approximate surface area is 148 Å². The SMILES string of the molecule is CCc1oc(Nc2nccs2)c2c(=O)c3cccc(C(F)(F)F)c3[nH]c12. The second-order valence-corrected chi connectivity index (χ2v) is 6.49. The molecule has 0 atom stereocenters. The van der Waals surface area contributed by atoms with Gasteiger partial charge in [-0.05, 0) is 12.1 Å². The van der Waals surface area contributed by atoms with Crippen LogP contribution in [0.2, 0.25) is 0 Å². The van der Waals surface area contributed by atoms with Crippen molar-refractivity contribution >= 4 is 44.2 Å². The largest absolute Gasteiger partial charge is 0.442 e. The Bertz CT molecular complexity index is 1160. The molecule has 4 rings (SSSR count). The number of hydrogen-bond donors (Lipinski definition) is 2. The number of pyridine rings is 1. The van der Waals surface area contributed by atoms with Gasteiger partial charge in [0.25, 0.3) is 0 Å². The molecule has 0 aliphatic heterocycles. The topological polar surface area (TPSA) is 70.9 Å². The van der Waals surface area contributed by atoms with Crippen LogP contribution in [0.25, 0.3) is 21.8 Å². The molecular formula is C17H12F3N3O2S. The predicted molar refractivity (Wildman–Crippen MR) is 94.1 cm³/mol. The molecule has 9 heteroatoms. The summed E-state index contributed by atoms with van der Waals surface area (Å²) in [6.45, 7) is 1.80. The summed E-state index contributed by atoms with van der Waals surface area (Å²) in [5.41, 5.74) is -1.39. The van der Waals surface area contributed by atoms with E-state index < -0.39 is 17.2 Å². The number of benzene rings is 1.